The van der Waals surface area contributed by atoms with E-state index < -0.39 is 5.97 Å². The molecular weight excluding hydrogens is 374 g/mol. The van der Waals surface area contributed by atoms with Gasteiger partial charge in [-0.15, -0.1) is 11.3 Å². The van der Waals surface area contributed by atoms with Crippen molar-refractivity contribution in [2.45, 2.75) is 12.8 Å². The SMILES string of the molecule is C=CCOc1ccc(/C=C(\CCC(=O)[O-])c2nc3ccccc3s2)cc1OC. The summed E-state index contributed by atoms with van der Waals surface area (Å²) in [7, 11) is 1.58. The average molecular weight is 394 g/mol. The van der Waals surface area contributed by atoms with Crippen molar-refractivity contribution in [1.29, 1.82) is 0 Å². The summed E-state index contributed by atoms with van der Waals surface area (Å²) < 4.78 is 12.0. The van der Waals surface area contributed by atoms with Crippen LogP contribution in [0, 0.1) is 0 Å². The van der Waals surface area contributed by atoms with E-state index in [0.29, 0.717) is 24.5 Å². The number of carboxylic acid groups (broad SMARTS) is 1. The van der Waals surface area contributed by atoms with Crippen LogP contribution in [0.2, 0.25) is 0 Å². The Morgan fingerprint density at radius 1 is 1.21 bits per heavy atom. The van der Waals surface area contributed by atoms with Crippen molar-refractivity contribution in [1.82, 2.24) is 4.98 Å². The normalized spacial score (nSPS) is 11.4. The predicted octanol–water partition coefficient (Wildman–Crippen LogP) is 3.94. The van der Waals surface area contributed by atoms with Crippen LogP contribution in [-0.2, 0) is 4.79 Å². The van der Waals surface area contributed by atoms with Gasteiger partial charge in [0.05, 0.1) is 17.3 Å². The topological polar surface area (TPSA) is 71.5 Å². The molecule has 0 bridgehead atoms. The molecule has 0 amide bonds. The molecular formula is C22H20NO4S-. The third-order valence-corrected chi connectivity index (χ3v) is 5.16. The first kappa shape index (κ1) is 19.6. The van der Waals surface area contributed by atoms with Gasteiger partial charge in [-0.1, -0.05) is 30.9 Å². The number of benzene rings is 2. The second-order valence-electron chi connectivity index (χ2n) is 6.04. The van der Waals surface area contributed by atoms with Gasteiger partial charge in [-0.05, 0) is 54.3 Å². The maximum absolute atomic E-state index is 11.0. The lowest BCUT2D eigenvalue weighted by molar-refractivity contribution is -0.305. The van der Waals surface area contributed by atoms with Gasteiger partial charge in [-0.2, -0.15) is 0 Å². The number of fused-ring (bicyclic) bond motifs is 1. The van der Waals surface area contributed by atoms with Gasteiger partial charge < -0.3 is 19.4 Å². The Morgan fingerprint density at radius 2 is 2.04 bits per heavy atom. The van der Waals surface area contributed by atoms with Gasteiger partial charge in [0.25, 0.3) is 0 Å². The van der Waals surface area contributed by atoms with Crippen molar-refractivity contribution >= 4 is 39.2 Å². The van der Waals surface area contributed by atoms with Gasteiger partial charge in [-0.25, -0.2) is 4.98 Å². The van der Waals surface area contributed by atoms with E-state index in [1.807, 2.05) is 48.5 Å². The highest BCUT2D eigenvalue weighted by atomic mass is 32.1. The monoisotopic (exact) mass is 394 g/mol. The van der Waals surface area contributed by atoms with Crippen LogP contribution in [0.5, 0.6) is 11.5 Å². The van der Waals surface area contributed by atoms with Crippen LogP contribution in [0.25, 0.3) is 21.9 Å². The molecule has 0 spiro atoms. The van der Waals surface area contributed by atoms with Crippen LogP contribution < -0.4 is 14.6 Å². The molecule has 0 radical (unpaired) electrons. The van der Waals surface area contributed by atoms with Crippen molar-refractivity contribution < 1.29 is 19.4 Å². The summed E-state index contributed by atoms with van der Waals surface area (Å²) in [5.41, 5.74) is 2.61. The summed E-state index contributed by atoms with van der Waals surface area (Å²) in [6.07, 6.45) is 3.86. The van der Waals surface area contributed by atoms with Crippen molar-refractivity contribution in [3.63, 3.8) is 0 Å². The zero-order valence-corrected chi connectivity index (χ0v) is 16.3. The predicted molar refractivity (Wildman–Crippen MR) is 110 cm³/mol. The van der Waals surface area contributed by atoms with E-state index in [9.17, 15) is 9.90 Å². The smallest absolute Gasteiger partial charge is 0.161 e. The second-order valence-corrected chi connectivity index (χ2v) is 7.07. The first-order chi connectivity index (χ1) is 13.6. The molecule has 28 heavy (non-hydrogen) atoms. The number of para-hydroxylation sites is 1. The molecule has 144 valence electrons. The minimum absolute atomic E-state index is 0.0700. The van der Waals surface area contributed by atoms with Crippen LogP contribution in [-0.4, -0.2) is 24.7 Å². The Hall–Kier alpha value is -3.12. The minimum Gasteiger partial charge on any atom is -0.550 e. The maximum atomic E-state index is 11.0. The maximum Gasteiger partial charge on any atom is 0.161 e. The number of aliphatic carboxylic acids is 1. The number of carboxylic acids is 1. The summed E-state index contributed by atoms with van der Waals surface area (Å²) in [5, 5.41) is 11.8. The Kier molecular flexibility index (Phi) is 6.45. The van der Waals surface area contributed by atoms with E-state index in [-0.39, 0.29) is 6.42 Å². The molecule has 0 saturated carbocycles. The van der Waals surface area contributed by atoms with E-state index in [1.54, 1.807) is 24.5 Å². The molecule has 0 atom stereocenters. The number of thiazole rings is 1. The van der Waals surface area contributed by atoms with Gasteiger partial charge >= 0.3 is 0 Å². The lowest BCUT2D eigenvalue weighted by atomic mass is 10.1. The van der Waals surface area contributed by atoms with Gasteiger partial charge in [0.2, 0.25) is 0 Å². The van der Waals surface area contributed by atoms with Gasteiger partial charge in [0.15, 0.2) is 11.5 Å². The van der Waals surface area contributed by atoms with Crippen LogP contribution in [0.4, 0.5) is 0 Å². The average Bonchev–Trinajstić information content (AvgIpc) is 3.13. The van der Waals surface area contributed by atoms with Gasteiger partial charge in [0, 0.05) is 5.97 Å². The molecule has 2 aromatic carbocycles. The molecule has 1 aromatic heterocycles. The number of hydrogen-bond acceptors (Lipinski definition) is 6. The van der Waals surface area contributed by atoms with Crippen molar-refractivity contribution in [3.05, 3.63) is 65.7 Å². The van der Waals surface area contributed by atoms with Crippen molar-refractivity contribution in [2.24, 2.45) is 0 Å². The van der Waals surface area contributed by atoms with Crippen LogP contribution in [0.1, 0.15) is 23.4 Å². The fourth-order valence-electron chi connectivity index (χ4n) is 2.73. The van der Waals surface area contributed by atoms with Crippen LogP contribution >= 0.6 is 11.3 Å². The molecule has 6 heteroatoms. The Morgan fingerprint density at radius 3 is 2.75 bits per heavy atom. The third-order valence-electron chi connectivity index (χ3n) is 4.05. The highest BCUT2D eigenvalue weighted by Gasteiger charge is 2.11. The summed E-state index contributed by atoms with van der Waals surface area (Å²) >= 11 is 1.54. The van der Waals surface area contributed by atoms with Crippen LogP contribution in [0.3, 0.4) is 0 Å². The van der Waals surface area contributed by atoms with Gasteiger partial charge in [-0.3, -0.25) is 0 Å². The third kappa shape index (κ3) is 4.78. The summed E-state index contributed by atoms with van der Waals surface area (Å²) in [6.45, 7) is 4.02. The molecule has 0 aliphatic heterocycles. The molecule has 3 rings (SSSR count). The Labute approximate surface area is 167 Å². The summed E-state index contributed by atoms with van der Waals surface area (Å²) in [5.74, 6) is 0.132. The quantitative estimate of drug-likeness (QED) is 0.514. The molecule has 0 aliphatic rings. The van der Waals surface area contributed by atoms with Gasteiger partial charge in [0.1, 0.15) is 11.6 Å². The number of carbonyl (C=O) groups excluding carboxylic acids is 1. The van der Waals surface area contributed by atoms with E-state index >= 15 is 0 Å². The lowest BCUT2D eigenvalue weighted by Crippen LogP contribution is -2.21. The molecule has 1 heterocycles. The van der Waals surface area contributed by atoms with E-state index in [4.69, 9.17) is 9.47 Å². The number of aromatic nitrogens is 1. The second kappa shape index (κ2) is 9.19. The fourth-order valence-corrected chi connectivity index (χ4v) is 3.74. The number of nitrogens with zero attached hydrogens (tertiary/aromatic N) is 1. The standard InChI is InChI=1S/C22H21NO4S/c1-3-12-27-18-10-8-15(14-19(18)26-2)13-16(9-11-21(24)25)22-23-17-6-4-5-7-20(17)28-22/h3-8,10,13-14H,1,9,11-12H2,2H3,(H,24,25)/p-1/b16-13+. The first-order valence-electron chi connectivity index (χ1n) is 8.79. The summed E-state index contributed by atoms with van der Waals surface area (Å²) in [4.78, 5) is 15.7. The highest BCUT2D eigenvalue weighted by molar-refractivity contribution is 7.19. The molecule has 0 saturated heterocycles. The molecule has 0 unspecified atom stereocenters. The number of carbonyl (C=O) groups is 1. The Balaban J connectivity index is 1.98. The Bertz CT molecular complexity index is 989. The lowest BCUT2D eigenvalue weighted by Gasteiger charge is -2.11. The number of ether oxygens (including phenoxy) is 2. The molecule has 0 fully saturated rings. The highest BCUT2D eigenvalue weighted by Crippen LogP contribution is 2.33. The molecule has 3 aromatic rings. The summed E-state index contributed by atoms with van der Waals surface area (Å²) in [6, 6.07) is 13.4. The largest absolute Gasteiger partial charge is 0.550 e. The molecule has 5 nitrogen and oxygen atoms in total. The number of hydrogen-bond donors (Lipinski definition) is 0. The fraction of sp³-hybridized carbons (Fsp3) is 0.182. The minimum atomic E-state index is -1.09. The zero-order chi connectivity index (χ0) is 19.9. The molecule has 0 aliphatic carbocycles. The number of allylic oxidation sites excluding steroid dienone is 1. The van der Waals surface area contributed by atoms with Crippen molar-refractivity contribution in [2.75, 3.05) is 13.7 Å². The number of rotatable bonds is 9. The van der Waals surface area contributed by atoms with E-state index in [0.717, 1.165) is 26.4 Å². The first-order valence-corrected chi connectivity index (χ1v) is 9.60. The zero-order valence-electron chi connectivity index (χ0n) is 15.5. The van der Waals surface area contributed by atoms with E-state index in [1.165, 1.54) is 0 Å². The van der Waals surface area contributed by atoms with Crippen LogP contribution in [0.15, 0.2) is 55.1 Å². The van der Waals surface area contributed by atoms with Crippen molar-refractivity contribution in [3.8, 4) is 11.5 Å². The van der Waals surface area contributed by atoms with E-state index in [2.05, 4.69) is 11.6 Å². The molecule has 0 N–H and O–H groups in total. The number of methoxy groups -OCH3 is 1.